The summed E-state index contributed by atoms with van der Waals surface area (Å²) in [5.74, 6) is 0.307. The molecule has 3 N–H and O–H groups in total. The van der Waals surface area contributed by atoms with Crippen molar-refractivity contribution in [2.75, 3.05) is 5.48 Å². The van der Waals surface area contributed by atoms with Crippen LogP contribution in [0.25, 0.3) is 0 Å². The first-order valence-corrected chi connectivity index (χ1v) is 3.18. The lowest BCUT2D eigenvalue weighted by atomic mass is 10.3. The lowest BCUT2D eigenvalue weighted by Gasteiger charge is -2.08. The van der Waals surface area contributed by atoms with Crippen molar-refractivity contribution in [1.29, 1.82) is 0 Å². The molecule has 0 aromatic heterocycles. The molecule has 5 nitrogen and oxygen atoms in total. The van der Waals surface area contributed by atoms with E-state index in [1.807, 2.05) is 0 Å². The zero-order chi connectivity index (χ0) is 8.97. The predicted octanol–water partition coefficient (Wildman–Crippen LogP) is 1.05. The maximum Gasteiger partial charge on any atom is 0.409 e. The van der Waals surface area contributed by atoms with Crippen LogP contribution < -0.4 is 16.0 Å². The van der Waals surface area contributed by atoms with E-state index in [1.165, 1.54) is 24.3 Å². The van der Waals surface area contributed by atoms with Crippen LogP contribution in [0.1, 0.15) is 0 Å². The lowest BCUT2D eigenvalue weighted by Crippen LogP contribution is -2.16. The number of ether oxygens (including phenoxy) is 1. The normalized spacial score (nSPS) is 9.08. The highest BCUT2D eigenvalue weighted by molar-refractivity contribution is 5.68. The summed E-state index contributed by atoms with van der Waals surface area (Å²) < 4.78 is 4.52. The number of anilines is 1. The van der Waals surface area contributed by atoms with Gasteiger partial charge in [0.05, 0.1) is 0 Å². The molecule has 0 aliphatic rings. The molecule has 1 aromatic carbocycles. The topological polar surface area (TPSA) is 87.4 Å². The molecule has 5 heteroatoms. The molecule has 12 heavy (non-hydrogen) atoms. The van der Waals surface area contributed by atoms with E-state index in [0.717, 1.165) is 0 Å². The van der Waals surface area contributed by atoms with Gasteiger partial charge in [-0.3, -0.25) is 0 Å². The minimum Gasteiger partial charge on any atom is -0.761 e. The maximum absolute atomic E-state index is 10.2. The minimum absolute atomic E-state index is 0.307. The van der Waals surface area contributed by atoms with E-state index in [2.05, 4.69) is 4.74 Å². The van der Waals surface area contributed by atoms with Crippen LogP contribution in [0.3, 0.4) is 0 Å². The average Bonchev–Trinajstić information content (AvgIpc) is 2.05. The van der Waals surface area contributed by atoms with Gasteiger partial charge in [-0.1, -0.05) is 0 Å². The molecule has 0 radical (unpaired) electrons. The molecule has 0 saturated heterocycles. The van der Waals surface area contributed by atoms with Crippen molar-refractivity contribution >= 4 is 11.8 Å². The van der Waals surface area contributed by atoms with E-state index in [4.69, 9.17) is 5.73 Å². The summed E-state index contributed by atoms with van der Waals surface area (Å²) in [6, 6.07) is 5.88. The van der Waals surface area contributed by atoms with Gasteiger partial charge in [-0.25, -0.2) is 4.79 Å². The van der Waals surface area contributed by atoms with Crippen molar-refractivity contribution in [1.82, 2.24) is 0 Å². The second-order valence-electron chi connectivity index (χ2n) is 2.05. The number of nitrogens with two attached hydrogens (primary N) is 1. The first-order chi connectivity index (χ1) is 5.72. The fraction of sp³-hybridized carbons (Fsp3) is 0. The molecule has 0 aliphatic heterocycles. The third-order valence-electron chi connectivity index (χ3n) is 1.19. The lowest BCUT2D eigenvalue weighted by molar-refractivity contribution is 0.211. The Morgan fingerprint density at radius 3 is 2.42 bits per heavy atom. The Bertz CT molecular complexity index is 270. The number of amides is 1. The SMILES string of the molecule is NC(=O)Oc1ccc(N[O-])cc1. The van der Waals surface area contributed by atoms with Crippen molar-refractivity contribution in [3.8, 4) is 5.75 Å². The third kappa shape index (κ3) is 2.14. The molecule has 64 valence electrons. The van der Waals surface area contributed by atoms with E-state index in [9.17, 15) is 10.0 Å². The number of hydrogen-bond donors (Lipinski definition) is 2. The molecule has 0 atom stereocenters. The third-order valence-corrected chi connectivity index (χ3v) is 1.19. The van der Waals surface area contributed by atoms with Crippen molar-refractivity contribution in [3.05, 3.63) is 29.5 Å². The van der Waals surface area contributed by atoms with E-state index >= 15 is 0 Å². The molecule has 0 fully saturated rings. The van der Waals surface area contributed by atoms with E-state index in [1.54, 1.807) is 5.48 Å². The van der Waals surface area contributed by atoms with Gasteiger partial charge < -0.3 is 21.2 Å². The van der Waals surface area contributed by atoms with E-state index in [-0.39, 0.29) is 0 Å². The Hall–Kier alpha value is -1.75. The zero-order valence-electron chi connectivity index (χ0n) is 6.11. The molecular formula is C7H7N2O3-. The van der Waals surface area contributed by atoms with Gasteiger partial charge in [0.1, 0.15) is 5.75 Å². The summed E-state index contributed by atoms with van der Waals surface area (Å²) >= 11 is 0. The monoisotopic (exact) mass is 167 g/mol. The molecule has 0 saturated carbocycles. The van der Waals surface area contributed by atoms with Crippen molar-refractivity contribution in [2.24, 2.45) is 5.73 Å². The molecule has 1 amide bonds. The van der Waals surface area contributed by atoms with Crippen LogP contribution in [0, 0.1) is 5.21 Å². The Balaban J connectivity index is 2.71. The van der Waals surface area contributed by atoms with Crippen LogP contribution >= 0.6 is 0 Å². The quantitative estimate of drug-likeness (QED) is 0.644. The van der Waals surface area contributed by atoms with Crippen LogP contribution in [0.5, 0.6) is 5.75 Å². The highest BCUT2D eigenvalue weighted by Gasteiger charge is 1.96. The number of primary amides is 1. The predicted molar refractivity (Wildman–Crippen MR) is 43.6 cm³/mol. The van der Waals surface area contributed by atoms with Gasteiger partial charge in [0, 0.05) is 5.69 Å². The second kappa shape index (κ2) is 3.59. The van der Waals surface area contributed by atoms with E-state index in [0.29, 0.717) is 11.4 Å². The summed E-state index contributed by atoms with van der Waals surface area (Å²) in [6.07, 6.45) is -0.877. The van der Waals surface area contributed by atoms with Crippen LogP contribution in [0.15, 0.2) is 24.3 Å². The zero-order valence-corrected chi connectivity index (χ0v) is 6.11. The molecule has 0 aliphatic carbocycles. The average molecular weight is 167 g/mol. The maximum atomic E-state index is 10.2. The Labute approximate surface area is 68.7 Å². The fourth-order valence-electron chi connectivity index (χ4n) is 0.707. The summed E-state index contributed by atoms with van der Waals surface area (Å²) in [7, 11) is 0. The molecule has 1 aromatic rings. The van der Waals surface area contributed by atoms with Gasteiger partial charge in [0.15, 0.2) is 0 Å². The van der Waals surface area contributed by atoms with Crippen molar-refractivity contribution in [2.45, 2.75) is 0 Å². The first-order valence-electron chi connectivity index (χ1n) is 3.18. The Morgan fingerprint density at radius 2 is 2.00 bits per heavy atom. The molecule has 1 rings (SSSR count). The van der Waals surface area contributed by atoms with Gasteiger partial charge in [-0.15, -0.1) is 0 Å². The second-order valence-corrected chi connectivity index (χ2v) is 2.05. The van der Waals surface area contributed by atoms with Gasteiger partial charge in [-0.2, -0.15) is 0 Å². The van der Waals surface area contributed by atoms with Crippen LogP contribution in [-0.2, 0) is 0 Å². The molecule has 0 spiro atoms. The summed E-state index contributed by atoms with van der Waals surface area (Å²) in [5.41, 5.74) is 6.84. The summed E-state index contributed by atoms with van der Waals surface area (Å²) in [5, 5.41) is 10.1. The van der Waals surface area contributed by atoms with Crippen molar-refractivity contribution < 1.29 is 9.53 Å². The van der Waals surface area contributed by atoms with Gasteiger partial charge in [0.25, 0.3) is 0 Å². The van der Waals surface area contributed by atoms with Gasteiger partial charge in [-0.05, 0) is 24.3 Å². The van der Waals surface area contributed by atoms with Crippen molar-refractivity contribution in [3.63, 3.8) is 0 Å². The molecular weight excluding hydrogens is 160 g/mol. The summed E-state index contributed by atoms with van der Waals surface area (Å²) in [4.78, 5) is 10.2. The minimum atomic E-state index is -0.877. The highest BCUT2D eigenvalue weighted by Crippen LogP contribution is 2.14. The van der Waals surface area contributed by atoms with E-state index < -0.39 is 6.09 Å². The highest BCUT2D eigenvalue weighted by atomic mass is 16.5. The smallest absolute Gasteiger partial charge is 0.409 e. The number of benzene rings is 1. The van der Waals surface area contributed by atoms with Gasteiger partial charge in [0.2, 0.25) is 0 Å². The fourth-order valence-corrected chi connectivity index (χ4v) is 0.707. The first kappa shape index (κ1) is 8.35. The largest absolute Gasteiger partial charge is 0.761 e. The molecule has 0 unspecified atom stereocenters. The molecule has 0 bridgehead atoms. The standard InChI is InChI=1S/C7H7N2O3/c8-7(10)12-6-3-1-5(9-11)2-4-6/h1-4,9H,(H2,8,10)/q-1. The van der Waals surface area contributed by atoms with Crippen LogP contribution in [-0.4, -0.2) is 6.09 Å². The summed E-state index contributed by atoms with van der Waals surface area (Å²) in [6.45, 7) is 0. The molecule has 0 heterocycles. The number of carbonyl (C=O) groups is 1. The van der Waals surface area contributed by atoms with Gasteiger partial charge >= 0.3 is 6.09 Å². The Morgan fingerprint density at radius 1 is 1.42 bits per heavy atom. The van der Waals surface area contributed by atoms with Crippen LogP contribution in [0.4, 0.5) is 10.5 Å². The number of nitrogens with one attached hydrogen (secondary N) is 1. The van der Waals surface area contributed by atoms with Crippen LogP contribution in [0.2, 0.25) is 0 Å². The number of carbonyl (C=O) groups excluding carboxylic acids is 1. The number of hydrogen-bond acceptors (Lipinski definition) is 4. The Kier molecular flexibility index (Phi) is 2.49. The number of rotatable bonds is 2.